The van der Waals surface area contributed by atoms with Crippen LogP contribution in [0.1, 0.15) is 22.8 Å². The number of hydrogen-bond donors (Lipinski definition) is 0. The first-order valence-corrected chi connectivity index (χ1v) is 6.11. The Balaban J connectivity index is 2.02. The van der Waals surface area contributed by atoms with Gasteiger partial charge in [-0.3, -0.25) is 4.79 Å². The summed E-state index contributed by atoms with van der Waals surface area (Å²) in [6.45, 7) is 2.08. The van der Waals surface area contributed by atoms with Crippen LogP contribution >= 0.6 is 0 Å². The molecule has 2 nitrogen and oxygen atoms in total. The third-order valence-electron chi connectivity index (χ3n) is 3.25. The van der Waals surface area contributed by atoms with Crippen molar-refractivity contribution in [3.05, 3.63) is 53.6 Å². The molecule has 1 aliphatic heterocycles. The van der Waals surface area contributed by atoms with Gasteiger partial charge >= 0.3 is 0 Å². The average molecular weight is 238 g/mol. The molecule has 0 N–H and O–H groups in total. The van der Waals surface area contributed by atoms with Crippen LogP contribution in [0.25, 0.3) is 11.1 Å². The Morgan fingerprint density at radius 1 is 1.17 bits per heavy atom. The highest BCUT2D eigenvalue weighted by molar-refractivity contribution is 5.79. The van der Waals surface area contributed by atoms with Crippen LogP contribution in [0.15, 0.2) is 42.5 Å². The van der Waals surface area contributed by atoms with E-state index < -0.39 is 0 Å². The zero-order valence-electron chi connectivity index (χ0n) is 10.2. The zero-order valence-corrected chi connectivity index (χ0v) is 10.2. The predicted octanol–water partition coefficient (Wildman–Crippen LogP) is 3.49. The summed E-state index contributed by atoms with van der Waals surface area (Å²) in [5, 5.41) is 0. The van der Waals surface area contributed by atoms with E-state index >= 15 is 0 Å². The van der Waals surface area contributed by atoms with Crippen molar-refractivity contribution in [2.75, 3.05) is 0 Å². The number of aldehydes is 1. The van der Waals surface area contributed by atoms with Gasteiger partial charge < -0.3 is 4.74 Å². The Bertz CT molecular complexity index is 602. The number of rotatable bonds is 2. The average Bonchev–Trinajstić information content (AvgIpc) is 2.77. The standard InChI is InChI=1S/C16H14O2/c1-11-7-15-9-14(5-6-16(15)18-11)13-4-2-3-12(8-13)10-17/h2-6,8-11H,7H2,1H3. The monoisotopic (exact) mass is 238 g/mol. The molecule has 0 amide bonds. The number of benzene rings is 2. The molecular formula is C16H14O2. The first-order chi connectivity index (χ1) is 8.76. The first-order valence-electron chi connectivity index (χ1n) is 6.11. The lowest BCUT2D eigenvalue weighted by atomic mass is 10.00. The van der Waals surface area contributed by atoms with Gasteiger partial charge in [-0.2, -0.15) is 0 Å². The van der Waals surface area contributed by atoms with Crippen LogP contribution in [0.4, 0.5) is 0 Å². The van der Waals surface area contributed by atoms with Crippen LogP contribution in [-0.4, -0.2) is 12.4 Å². The maximum absolute atomic E-state index is 10.8. The topological polar surface area (TPSA) is 26.3 Å². The van der Waals surface area contributed by atoms with Crippen molar-refractivity contribution in [1.82, 2.24) is 0 Å². The molecule has 0 aromatic heterocycles. The van der Waals surface area contributed by atoms with Crippen LogP contribution in [0.2, 0.25) is 0 Å². The summed E-state index contributed by atoms with van der Waals surface area (Å²) in [6, 6.07) is 13.9. The van der Waals surface area contributed by atoms with Crippen LogP contribution in [0.3, 0.4) is 0 Å². The van der Waals surface area contributed by atoms with E-state index in [4.69, 9.17) is 4.74 Å². The highest BCUT2D eigenvalue weighted by atomic mass is 16.5. The molecule has 0 fully saturated rings. The summed E-state index contributed by atoms with van der Waals surface area (Å²) in [7, 11) is 0. The molecule has 2 aromatic carbocycles. The van der Waals surface area contributed by atoms with Gasteiger partial charge in [0, 0.05) is 12.0 Å². The van der Waals surface area contributed by atoms with Crippen molar-refractivity contribution in [2.45, 2.75) is 19.4 Å². The summed E-state index contributed by atoms with van der Waals surface area (Å²) in [6.07, 6.45) is 2.09. The van der Waals surface area contributed by atoms with E-state index in [0.29, 0.717) is 5.56 Å². The van der Waals surface area contributed by atoms with Gasteiger partial charge in [0.1, 0.15) is 18.1 Å². The van der Waals surface area contributed by atoms with Crippen molar-refractivity contribution in [3.63, 3.8) is 0 Å². The fourth-order valence-corrected chi connectivity index (χ4v) is 2.39. The Hall–Kier alpha value is -2.09. The molecule has 2 aromatic rings. The predicted molar refractivity (Wildman–Crippen MR) is 71.1 cm³/mol. The van der Waals surface area contributed by atoms with Crippen LogP contribution < -0.4 is 4.74 Å². The van der Waals surface area contributed by atoms with E-state index in [1.165, 1.54) is 5.56 Å². The molecule has 0 spiro atoms. The van der Waals surface area contributed by atoms with Gasteiger partial charge in [-0.1, -0.05) is 24.3 Å². The third-order valence-corrected chi connectivity index (χ3v) is 3.25. The van der Waals surface area contributed by atoms with Crippen LogP contribution in [0.5, 0.6) is 5.75 Å². The van der Waals surface area contributed by atoms with E-state index in [1.807, 2.05) is 36.4 Å². The van der Waals surface area contributed by atoms with Gasteiger partial charge in [0.2, 0.25) is 0 Å². The lowest BCUT2D eigenvalue weighted by Crippen LogP contribution is -2.05. The first kappa shape index (κ1) is 11.0. The second-order valence-electron chi connectivity index (χ2n) is 4.70. The fraction of sp³-hybridized carbons (Fsp3) is 0.188. The maximum atomic E-state index is 10.8. The fourth-order valence-electron chi connectivity index (χ4n) is 2.39. The molecular weight excluding hydrogens is 224 g/mol. The number of hydrogen-bond acceptors (Lipinski definition) is 2. The van der Waals surface area contributed by atoms with Crippen LogP contribution in [-0.2, 0) is 6.42 Å². The lowest BCUT2D eigenvalue weighted by Gasteiger charge is -2.05. The largest absolute Gasteiger partial charge is 0.490 e. The summed E-state index contributed by atoms with van der Waals surface area (Å²) in [4.78, 5) is 10.8. The van der Waals surface area contributed by atoms with Gasteiger partial charge in [-0.05, 0) is 41.8 Å². The van der Waals surface area contributed by atoms with Gasteiger partial charge in [-0.25, -0.2) is 0 Å². The number of ether oxygens (including phenoxy) is 1. The highest BCUT2D eigenvalue weighted by Crippen LogP contribution is 2.32. The van der Waals surface area contributed by atoms with Crippen molar-refractivity contribution >= 4 is 6.29 Å². The van der Waals surface area contributed by atoms with Gasteiger partial charge in [0.25, 0.3) is 0 Å². The molecule has 1 heterocycles. The minimum atomic E-state index is 0.261. The second-order valence-corrected chi connectivity index (χ2v) is 4.70. The van der Waals surface area contributed by atoms with Crippen molar-refractivity contribution in [1.29, 1.82) is 0 Å². The molecule has 0 bridgehead atoms. The maximum Gasteiger partial charge on any atom is 0.150 e. The van der Waals surface area contributed by atoms with E-state index in [0.717, 1.165) is 29.6 Å². The van der Waals surface area contributed by atoms with E-state index in [2.05, 4.69) is 13.0 Å². The molecule has 1 unspecified atom stereocenters. The number of fused-ring (bicyclic) bond motifs is 1. The number of carbonyl (C=O) groups excluding carboxylic acids is 1. The molecule has 1 aliphatic rings. The Morgan fingerprint density at radius 3 is 2.83 bits per heavy atom. The summed E-state index contributed by atoms with van der Waals surface area (Å²) in [5.74, 6) is 0.984. The van der Waals surface area contributed by atoms with E-state index in [-0.39, 0.29) is 6.10 Å². The molecule has 90 valence electrons. The molecule has 0 radical (unpaired) electrons. The van der Waals surface area contributed by atoms with E-state index in [1.54, 1.807) is 0 Å². The Labute approximate surface area is 106 Å². The number of carbonyl (C=O) groups is 1. The summed E-state index contributed by atoms with van der Waals surface area (Å²) < 4.78 is 5.69. The minimum absolute atomic E-state index is 0.261. The van der Waals surface area contributed by atoms with Gasteiger partial charge in [-0.15, -0.1) is 0 Å². The zero-order chi connectivity index (χ0) is 12.5. The third kappa shape index (κ3) is 1.90. The van der Waals surface area contributed by atoms with Gasteiger partial charge in [0.15, 0.2) is 0 Å². The highest BCUT2D eigenvalue weighted by Gasteiger charge is 2.19. The molecule has 3 rings (SSSR count). The molecule has 1 atom stereocenters. The molecule has 18 heavy (non-hydrogen) atoms. The SMILES string of the molecule is CC1Cc2cc(-c3cccc(C=O)c3)ccc2O1. The second kappa shape index (κ2) is 4.30. The normalized spacial score (nSPS) is 17.1. The minimum Gasteiger partial charge on any atom is -0.490 e. The lowest BCUT2D eigenvalue weighted by molar-refractivity contribution is 0.112. The molecule has 2 heteroatoms. The van der Waals surface area contributed by atoms with Gasteiger partial charge in [0.05, 0.1) is 0 Å². The quantitative estimate of drug-likeness (QED) is 0.749. The molecule has 0 saturated heterocycles. The smallest absolute Gasteiger partial charge is 0.150 e. The molecule has 0 saturated carbocycles. The Morgan fingerprint density at radius 2 is 2.00 bits per heavy atom. The Kier molecular flexibility index (Phi) is 2.63. The van der Waals surface area contributed by atoms with Crippen molar-refractivity contribution in [2.24, 2.45) is 0 Å². The summed E-state index contributed by atoms with van der Waals surface area (Å²) >= 11 is 0. The van der Waals surface area contributed by atoms with E-state index in [9.17, 15) is 4.79 Å². The summed E-state index contributed by atoms with van der Waals surface area (Å²) in [5.41, 5.74) is 4.16. The van der Waals surface area contributed by atoms with Crippen LogP contribution in [0, 0.1) is 0 Å². The van der Waals surface area contributed by atoms with Crippen molar-refractivity contribution in [3.8, 4) is 16.9 Å². The molecule has 0 aliphatic carbocycles. The van der Waals surface area contributed by atoms with Crippen molar-refractivity contribution < 1.29 is 9.53 Å².